The quantitative estimate of drug-likeness (QED) is 0.456. The first-order chi connectivity index (χ1) is 17.3. The molecule has 36 heavy (non-hydrogen) atoms. The Labute approximate surface area is 212 Å². The van der Waals surface area contributed by atoms with Crippen LogP contribution in [0.15, 0.2) is 36.7 Å². The Morgan fingerprint density at radius 1 is 0.917 bits per heavy atom. The summed E-state index contributed by atoms with van der Waals surface area (Å²) in [6, 6.07) is 7.61. The van der Waals surface area contributed by atoms with Crippen molar-refractivity contribution in [1.29, 1.82) is 0 Å². The van der Waals surface area contributed by atoms with E-state index in [4.69, 9.17) is 24.7 Å². The predicted octanol–water partition coefficient (Wildman–Crippen LogP) is 4.01. The maximum atomic E-state index is 13.2. The minimum absolute atomic E-state index is 0.00676. The normalized spacial score (nSPS) is 14.8. The average molecular weight is 494 g/mol. The Balaban J connectivity index is 1.43. The summed E-state index contributed by atoms with van der Waals surface area (Å²) in [5.74, 6) is 2.58. The van der Waals surface area contributed by atoms with Crippen LogP contribution in [0.5, 0.6) is 23.0 Å². The highest BCUT2D eigenvalue weighted by molar-refractivity contribution is 5.97. The second-order valence-electron chi connectivity index (χ2n) is 9.54. The molecule has 2 aromatic carbocycles. The molecule has 0 saturated carbocycles. The van der Waals surface area contributed by atoms with Gasteiger partial charge < -0.3 is 29.6 Å². The van der Waals surface area contributed by atoms with Gasteiger partial charge in [0.05, 0.1) is 28.4 Å². The van der Waals surface area contributed by atoms with Crippen molar-refractivity contribution < 1.29 is 23.7 Å². The van der Waals surface area contributed by atoms with Gasteiger partial charge >= 0.3 is 0 Å². The highest BCUT2D eigenvalue weighted by Crippen LogP contribution is 2.35. The van der Waals surface area contributed by atoms with Crippen LogP contribution in [0.4, 0.5) is 0 Å². The van der Waals surface area contributed by atoms with Crippen LogP contribution in [0, 0.1) is 0 Å². The molecule has 1 unspecified atom stereocenters. The van der Waals surface area contributed by atoms with Crippen molar-refractivity contribution >= 4 is 16.7 Å². The number of hydrogen-bond donors (Lipinski definition) is 1. The van der Waals surface area contributed by atoms with Crippen LogP contribution in [0.3, 0.4) is 0 Å². The summed E-state index contributed by atoms with van der Waals surface area (Å²) in [6.07, 6.45) is 6.70. The van der Waals surface area contributed by atoms with Crippen molar-refractivity contribution in [3.63, 3.8) is 0 Å². The van der Waals surface area contributed by atoms with Crippen LogP contribution in [0.1, 0.15) is 41.3 Å². The van der Waals surface area contributed by atoms with Gasteiger partial charge in [-0.3, -0.25) is 9.78 Å². The highest BCUT2D eigenvalue weighted by Gasteiger charge is 2.28. The number of nitrogens with zero attached hydrogens (tertiary/aromatic N) is 2. The molecule has 1 aliphatic rings. The average Bonchev–Trinajstić information content (AvgIpc) is 2.89. The zero-order chi connectivity index (χ0) is 25.9. The number of methoxy groups -OCH3 is 4. The number of rotatable bonds is 10. The largest absolute Gasteiger partial charge is 0.493 e. The Kier molecular flexibility index (Phi) is 7.54. The second kappa shape index (κ2) is 10.6. The van der Waals surface area contributed by atoms with Crippen LogP contribution in [0.2, 0.25) is 0 Å². The van der Waals surface area contributed by atoms with Crippen LogP contribution >= 0.6 is 0 Å². The summed E-state index contributed by atoms with van der Waals surface area (Å²) < 4.78 is 21.7. The minimum Gasteiger partial charge on any atom is -0.493 e. The molecule has 1 aromatic heterocycles. The van der Waals surface area contributed by atoms with E-state index in [1.165, 1.54) is 0 Å². The fourth-order valence-corrected chi connectivity index (χ4v) is 4.76. The smallest absolute Gasteiger partial charge is 0.254 e. The van der Waals surface area contributed by atoms with Crippen molar-refractivity contribution in [2.45, 2.75) is 38.1 Å². The van der Waals surface area contributed by atoms with Crippen LogP contribution in [-0.4, -0.2) is 62.9 Å². The molecule has 192 valence electrons. The molecule has 0 fully saturated rings. The van der Waals surface area contributed by atoms with E-state index in [2.05, 4.69) is 4.98 Å². The monoisotopic (exact) mass is 493 g/mol. The molecule has 1 atom stereocenters. The predicted molar refractivity (Wildman–Crippen MR) is 140 cm³/mol. The highest BCUT2D eigenvalue weighted by atomic mass is 16.5. The molecule has 2 N–H and O–H groups in total. The molecule has 8 nitrogen and oxygen atoms in total. The lowest BCUT2D eigenvalue weighted by Gasteiger charge is -2.33. The molecule has 8 heteroatoms. The van der Waals surface area contributed by atoms with Gasteiger partial charge in [-0.25, -0.2) is 0 Å². The Morgan fingerprint density at radius 2 is 1.56 bits per heavy atom. The van der Waals surface area contributed by atoms with E-state index >= 15 is 0 Å². The first-order valence-electron chi connectivity index (χ1n) is 12.1. The van der Waals surface area contributed by atoms with Gasteiger partial charge in [-0.2, -0.15) is 0 Å². The number of nitrogens with two attached hydrogens (primary N) is 1. The summed E-state index contributed by atoms with van der Waals surface area (Å²) in [5.41, 5.74) is 9.03. The zero-order valence-corrected chi connectivity index (χ0v) is 21.7. The van der Waals surface area contributed by atoms with Crippen LogP contribution < -0.4 is 24.7 Å². The van der Waals surface area contributed by atoms with Crippen molar-refractivity contribution in [3.8, 4) is 23.0 Å². The van der Waals surface area contributed by atoms with Gasteiger partial charge in [-0.1, -0.05) is 0 Å². The van der Waals surface area contributed by atoms with Gasteiger partial charge in [0.25, 0.3) is 5.91 Å². The number of ether oxygens (including phenoxy) is 4. The fraction of sp³-hybridized carbons (Fsp3) is 0.429. The summed E-state index contributed by atoms with van der Waals surface area (Å²) >= 11 is 0. The van der Waals surface area contributed by atoms with E-state index < -0.39 is 5.54 Å². The second-order valence-corrected chi connectivity index (χ2v) is 9.54. The van der Waals surface area contributed by atoms with E-state index in [9.17, 15) is 4.79 Å². The summed E-state index contributed by atoms with van der Waals surface area (Å²) in [6.45, 7) is 3.30. The lowest BCUT2D eigenvalue weighted by atomic mass is 9.89. The third-order valence-electron chi connectivity index (χ3n) is 7.04. The third-order valence-corrected chi connectivity index (χ3v) is 7.04. The van der Waals surface area contributed by atoms with E-state index in [0.29, 0.717) is 48.1 Å². The number of aromatic nitrogens is 1. The lowest BCUT2D eigenvalue weighted by molar-refractivity contribution is 0.0726. The van der Waals surface area contributed by atoms with Crippen molar-refractivity contribution in [2.75, 3.05) is 41.5 Å². The minimum atomic E-state index is -0.448. The maximum Gasteiger partial charge on any atom is 0.254 e. The number of benzene rings is 2. The number of pyridine rings is 1. The number of fused-ring (bicyclic) bond motifs is 2. The summed E-state index contributed by atoms with van der Waals surface area (Å²) in [7, 11) is 6.44. The maximum absolute atomic E-state index is 13.2. The number of hydrogen-bond acceptors (Lipinski definition) is 7. The van der Waals surface area contributed by atoms with E-state index in [1.54, 1.807) is 34.5 Å². The van der Waals surface area contributed by atoms with Gasteiger partial charge in [-0.05, 0) is 73.4 Å². The molecule has 1 aliphatic heterocycles. The molecular formula is C28H35N3O5. The molecule has 0 saturated heterocycles. The first kappa shape index (κ1) is 25.6. The molecule has 2 heterocycles. The number of aryl methyl sites for hydroxylation is 1. The molecule has 3 aromatic rings. The van der Waals surface area contributed by atoms with Crippen molar-refractivity contribution in [3.05, 3.63) is 53.3 Å². The molecule has 0 bridgehead atoms. The van der Waals surface area contributed by atoms with Crippen molar-refractivity contribution in [1.82, 2.24) is 9.88 Å². The topological polar surface area (TPSA) is 96.1 Å². The number of carbonyl (C=O) groups excluding carboxylic acids is 1. The molecule has 1 amide bonds. The van der Waals surface area contributed by atoms with Gasteiger partial charge in [0.2, 0.25) is 0 Å². The first-order valence-corrected chi connectivity index (χ1v) is 12.1. The van der Waals surface area contributed by atoms with Crippen LogP contribution in [-0.2, 0) is 12.8 Å². The van der Waals surface area contributed by atoms with Gasteiger partial charge in [0.15, 0.2) is 23.0 Å². The van der Waals surface area contributed by atoms with Gasteiger partial charge in [0.1, 0.15) is 0 Å². The Hall–Kier alpha value is -3.52. The van der Waals surface area contributed by atoms with Gasteiger partial charge in [0, 0.05) is 42.0 Å². The third kappa shape index (κ3) is 5.18. The standard InChI is InChI=1S/C28H35N3O5/c1-28(29,8-6-19-16-30-17-20-13-24(34-3)25(35-4)14-21(19)20)9-11-31-10-7-18-12-23(33-2)26(36-5)15-22(18)27(31)32/h12-17H,6-11,29H2,1-5H3. The molecule has 4 rings (SSSR count). The Morgan fingerprint density at radius 3 is 2.25 bits per heavy atom. The van der Waals surface area contributed by atoms with E-state index in [-0.39, 0.29) is 5.91 Å². The molecule has 0 radical (unpaired) electrons. The number of amides is 1. The van der Waals surface area contributed by atoms with Gasteiger partial charge in [-0.15, -0.1) is 0 Å². The lowest BCUT2D eigenvalue weighted by Crippen LogP contribution is -2.44. The van der Waals surface area contributed by atoms with Crippen molar-refractivity contribution in [2.24, 2.45) is 5.73 Å². The fourth-order valence-electron chi connectivity index (χ4n) is 4.76. The number of carbonyl (C=O) groups is 1. The zero-order valence-electron chi connectivity index (χ0n) is 21.7. The summed E-state index contributed by atoms with van der Waals surface area (Å²) in [4.78, 5) is 19.5. The molecule has 0 spiro atoms. The SMILES string of the molecule is COc1cc2c(cc1OC)C(=O)N(CCC(C)(N)CCc1cncc3cc(OC)c(OC)cc13)CC2. The van der Waals surface area contributed by atoms with E-state index in [1.807, 2.05) is 42.4 Å². The summed E-state index contributed by atoms with van der Waals surface area (Å²) in [5, 5.41) is 2.07. The molecule has 0 aliphatic carbocycles. The van der Waals surface area contributed by atoms with Crippen LogP contribution in [0.25, 0.3) is 10.8 Å². The Bertz CT molecular complexity index is 1260. The van der Waals surface area contributed by atoms with E-state index in [0.717, 1.165) is 41.2 Å². The molecular weight excluding hydrogens is 458 g/mol.